The van der Waals surface area contributed by atoms with E-state index < -0.39 is 54.3 Å². The molecular weight excluding hydrogens is 591 g/mol. The summed E-state index contributed by atoms with van der Waals surface area (Å²) in [6.45, 7) is 6.59. The molecule has 0 aliphatic carbocycles. The van der Waals surface area contributed by atoms with E-state index in [-0.39, 0.29) is 16.8 Å². The molecule has 2 aliphatic rings. The Hall–Kier alpha value is -1.91. The molecule has 0 saturated carbocycles. The molecule has 0 bridgehead atoms. The maximum Gasteiger partial charge on any atom is 0.438 e. The van der Waals surface area contributed by atoms with E-state index in [1.54, 1.807) is 6.92 Å². The zero-order valence-corrected chi connectivity index (χ0v) is 28.2. The molecule has 0 aromatic heterocycles. The van der Waals surface area contributed by atoms with Gasteiger partial charge in [0.05, 0.1) is 6.10 Å². The summed E-state index contributed by atoms with van der Waals surface area (Å²) in [5.41, 5.74) is -2.29. The molecule has 2 aliphatic heterocycles. The fourth-order valence-corrected chi connectivity index (χ4v) is 7.68. The normalized spacial score (nSPS) is 19.8. The molecule has 0 aromatic rings. The average Bonchev–Trinajstić information content (AvgIpc) is 3.29. The van der Waals surface area contributed by atoms with Crippen LogP contribution in [0.5, 0.6) is 0 Å². The van der Waals surface area contributed by atoms with Gasteiger partial charge in [-0.1, -0.05) is 117 Å². The first kappa shape index (κ1) is 37.3. The Labute approximate surface area is 260 Å². The first-order chi connectivity index (χ1) is 20.7. The predicted octanol–water partition coefficient (Wildman–Crippen LogP) is 7.72. The number of carbonyl (C=O) groups is 3. The molecule has 1 N–H and O–H groups in total. The van der Waals surface area contributed by atoms with Crippen molar-refractivity contribution in [1.82, 2.24) is 14.3 Å². The summed E-state index contributed by atoms with van der Waals surface area (Å²) >= 11 is 0. The molecular formula is C30H53N4O7PS. The lowest BCUT2D eigenvalue weighted by Crippen LogP contribution is -2.73. The van der Waals surface area contributed by atoms with Crippen LogP contribution in [0.3, 0.4) is 0 Å². The molecule has 43 heavy (non-hydrogen) atoms. The Morgan fingerprint density at radius 2 is 1.30 bits per heavy atom. The van der Waals surface area contributed by atoms with Gasteiger partial charge in [0.25, 0.3) is 5.91 Å². The van der Waals surface area contributed by atoms with Crippen molar-refractivity contribution in [3.8, 4) is 0 Å². The number of amides is 5. The average molecular weight is 645 g/mol. The highest BCUT2D eigenvalue weighted by Crippen LogP contribution is 2.37. The topological polar surface area (TPSA) is 143 Å². The van der Waals surface area contributed by atoms with Crippen LogP contribution in [-0.2, 0) is 29.6 Å². The Morgan fingerprint density at radius 3 is 1.81 bits per heavy atom. The minimum absolute atomic E-state index is 0.0230. The molecule has 246 valence electrons. The summed E-state index contributed by atoms with van der Waals surface area (Å²) in [5.74, 6) is -1.12. The van der Waals surface area contributed by atoms with Gasteiger partial charge in [0.1, 0.15) is 11.0 Å². The number of aliphatic imine (C=N–C) groups is 1. The highest BCUT2D eigenvalue weighted by Gasteiger charge is 2.62. The van der Waals surface area contributed by atoms with E-state index in [0.717, 1.165) is 49.3 Å². The molecule has 1 fully saturated rings. The van der Waals surface area contributed by atoms with Crippen molar-refractivity contribution in [1.29, 1.82) is 0 Å². The minimum Gasteiger partial charge on any atom is -0.378 e. The van der Waals surface area contributed by atoms with Crippen LogP contribution in [0.4, 0.5) is 9.59 Å². The number of ether oxygens (including phenoxy) is 1. The maximum atomic E-state index is 13.6. The summed E-state index contributed by atoms with van der Waals surface area (Å²) in [6, 6.07) is -2.14. The van der Waals surface area contributed by atoms with Crippen LogP contribution in [0.1, 0.15) is 143 Å². The lowest BCUT2D eigenvalue weighted by atomic mass is 9.95. The number of unbranched alkanes of at least 4 members (excludes halogenated alkanes) is 16. The summed E-state index contributed by atoms with van der Waals surface area (Å²) < 4.78 is 44.2. The Kier molecular flexibility index (Phi) is 17.5. The van der Waals surface area contributed by atoms with Crippen molar-refractivity contribution in [2.24, 2.45) is 4.99 Å². The van der Waals surface area contributed by atoms with Crippen LogP contribution < -0.4 is 5.32 Å². The number of hydrogen-bond acceptors (Lipinski definition) is 7. The highest BCUT2D eigenvalue weighted by atomic mass is 32.2. The monoisotopic (exact) mass is 644 g/mol. The number of nitrogens with zero attached hydrogens (tertiary/aromatic N) is 3. The fraction of sp³-hybridized carbons (Fsp3) is 0.867. The first-order valence-electron chi connectivity index (χ1n) is 16.4. The Morgan fingerprint density at radius 1 is 0.814 bits per heavy atom. The molecule has 0 spiro atoms. The van der Waals surface area contributed by atoms with E-state index in [4.69, 9.17) is 4.74 Å². The predicted molar refractivity (Wildman–Crippen MR) is 169 cm³/mol. The van der Waals surface area contributed by atoms with Crippen LogP contribution in [0.25, 0.3) is 0 Å². The molecule has 0 aromatic carbocycles. The third-order valence-electron chi connectivity index (χ3n) is 8.04. The van der Waals surface area contributed by atoms with Crippen molar-refractivity contribution < 1.29 is 32.5 Å². The summed E-state index contributed by atoms with van der Waals surface area (Å²) in [4.78, 5) is 42.6. The van der Waals surface area contributed by atoms with Gasteiger partial charge in [-0.25, -0.2) is 27.2 Å². The van der Waals surface area contributed by atoms with Gasteiger partial charge in [0, 0.05) is 18.8 Å². The number of rotatable bonds is 25. The zero-order chi connectivity index (χ0) is 31.7. The van der Waals surface area contributed by atoms with Gasteiger partial charge in [0.15, 0.2) is 11.4 Å². The largest absolute Gasteiger partial charge is 0.438 e. The number of hydrogen-bond donors (Lipinski definition) is 1. The first-order valence-corrected chi connectivity index (χ1v) is 18.8. The van der Waals surface area contributed by atoms with Crippen molar-refractivity contribution in [2.45, 2.75) is 155 Å². The van der Waals surface area contributed by atoms with E-state index in [2.05, 4.69) is 24.2 Å². The van der Waals surface area contributed by atoms with Crippen LogP contribution in [0.2, 0.25) is 0 Å². The van der Waals surface area contributed by atoms with Gasteiger partial charge >= 0.3 is 19.9 Å². The molecule has 13 heteroatoms. The fourth-order valence-electron chi connectivity index (χ4n) is 5.70. The molecule has 1 saturated heterocycles. The van der Waals surface area contributed by atoms with Crippen LogP contribution in [0.15, 0.2) is 4.99 Å². The molecule has 2 rings (SSSR count). The lowest BCUT2D eigenvalue weighted by molar-refractivity contribution is -0.120. The van der Waals surface area contributed by atoms with Gasteiger partial charge in [-0.15, -0.1) is 4.67 Å². The number of carbonyl (C=O) groups excluding carboxylic acids is 3. The van der Waals surface area contributed by atoms with Crippen molar-refractivity contribution in [3.05, 3.63) is 0 Å². The summed E-state index contributed by atoms with van der Waals surface area (Å²) in [7, 11) is -5.70. The highest BCUT2D eigenvalue weighted by molar-refractivity contribution is 7.83. The van der Waals surface area contributed by atoms with Crippen LogP contribution in [-0.4, -0.2) is 61.0 Å². The van der Waals surface area contributed by atoms with E-state index in [0.29, 0.717) is 13.0 Å². The Balaban J connectivity index is 2.00. The molecule has 3 atom stereocenters. The third-order valence-corrected chi connectivity index (χ3v) is 10.2. The second kappa shape index (κ2) is 20.2. The van der Waals surface area contributed by atoms with Crippen LogP contribution in [0, 0.1) is 0 Å². The second-order valence-electron chi connectivity index (χ2n) is 11.8. The van der Waals surface area contributed by atoms with Gasteiger partial charge in [-0.2, -0.15) is 4.99 Å². The van der Waals surface area contributed by atoms with Crippen LogP contribution >= 0.6 is 7.83 Å². The lowest BCUT2D eigenvalue weighted by Gasteiger charge is -2.44. The molecule has 0 radical (unpaired) electrons. The SMILES string of the molecule is CCCCCCCCCCCCS(=O)N1C(=O)N(P(=O)=O)C(=O)C2=NC(=O)NC21CC(C)OCCCCCCCCCC. The molecule has 3 unspecified atom stereocenters. The van der Waals surface area contributed by atoms with Gasteiger partial charge in [0.2, 0.25) is 0 Å². The van der Waals surface area contributed by atoms with Gasteiger partial charge < -0.3 is 10.1 Å². The van der Waals surface area contributed by atoms with Gasteiger partial charge in [-0.3, -0.25) is 4.79 Å². The summed E-state index contributed by atoms with van der Waals surface area (Å²) in [5, 5.41) is 2.57. The van der Waals surface area contributed by atoms with E-state index in [1.807, 2.05) is 0 Å². The third kappa shape index (κ3) is 11.5. The standard InChI is InChI=1S/C30H53N4O7PS/c1-4-6-8-10-12-14-15-17-19-21-23-43(40)34-29(37)33(42(38)39)27(35)26-30(34,32-28(36)31-26)24-25(3)41-22-20-18-16-13-11-9-7-5-2/h25H,4-24H2,1-3H3,(H,32,36). The number of urea groups is 2. The van der Waals surface area contributed by atoms with E-state index in [1.165, 1.54) is 64.2 Å². The van der Waals surface area contributed by atoms with E-state index in [9.17, 15) is 27.7 Å². The van der Waals surface area contributed by atoms with Crippen molar-refractivity contribution in [2.75, 3.05) is 12.4 Å². The van der Waals surface area contributed by atoms with Crippen molar-refractivity contribution >= 4 is 42.5 Å². The maximum absolute atomic E-state index is 13.6. The zero-order valence-electron chi connectivity index (χ0n) is 26.5. The Bertz CT molecular complexity index is 1030. The quantitative estimate of drug-likeness (QED) is 0.0792. The van der Waals surface area contributed by atoms with E-state index >= 15 is 0 Å². The minimum atomic E-state index is -3.67. The molecule has 11 nitrogen and oxygen atoms in total. The second-order valence-corrected chi connectivity index (χ2v) is 14.0. The van der Waals surface area contributed by atoms with Crippen molar-refractivity contribution in [3.63, 3.8) is 0 Å². The summed E-state index contributed by atoms with van der Waals surface area (Å²) in [6.07, 6.45) is 19.2. The van der Waals surface area contributed by atoms with Gasteiger partial charge in [-0.05, 0) is 19.8 Å². The number of fused-ring (bicyclic) bond motifs is 1. The smallest absolute Gasteiger partial charge is 0.378 e. The molecule has 5 amide bonds. The molecule has 2 heterocycles. The number of nitrogens with one attached hydrogen (secondary N) is 1. The number of imide groups is 1.